The lowest BCUT2D eigenvalue weighted by Crippen LogP contribution is -1.95. The number of aryl methyl sites for hydroxylation is 2. The third kappa shape index (κ3) is 2.24. The maximum Gasteiger partial charge on any atom is 0.147 e. The molecule has 0 radical (unpaired) electrons. The van der Waals surface area contributed by atoms with E-state index in [0.717, 1.165) is 21.5 Å². The molecule has 2 aromatic heterocycles. The largest absolute Gasteiger partial charge is 0.463 e. The number of hydrogen-bond donors (Lipinski definition) is 1. The maximum absolute atomic E-state index is 10.2. The molecular formula is C12H13BrO2S. The smallest absolute Gasteiger partial charge is 0.147 e. The van der Waals surface area contributed by atoms with Gasteiger partial charge in [-0.3, -0.25) is 0 Å². The van der Waals surface area contributed by atoms with E-state index >= 15 is 0 Å². The summed E-state index contributed by atoms with van der Waals surface area (Å²) in [6.45, 7) is 4.05. The van der Waals surface area contributed by atoms with Crippen LogP contribution in [0.2, 0.25) is 0 Å². The first-order valence-electron chi connectivity index (χ1n) is 5.14. The lowest BCUT2D eigenvalue weighted by atomic mass is 10.2. The van der Waals surface area contributed by atoms with Gasteiger partial charge in [0.05, 0.1) is 4.88 Å². The summed E-state index contributed by atoms with van der Waals surface area (Å²) in [7, 11) is 0. The first kappa shape index (κ1) is 11.9. The summed E-state index contributed by atoms with van der Waals surface area (Å²) in [5, 5.41) is 10.2. The van der Waals surface area contributed by atoms with Crippen LogP contribution in [0.1, 0.15) is 34.3 Å². The zero-order valence-electron chi connectivity index (χ0n) is 9.16. The highest BCUT2D eigenvalue weighted by Gasteiger charge is 2.19. The molecule has 0 aromatic carbocycles. The van der Waals surface area contributed by atoms with Crippen LogP contribution < -0.4 is 0 Å². The summed E-state index contributed by atoms with van der Waals surface area (Å²) in [6.07, 6.45) is 0.172. The van der Waals surface area contributed by atoms with Crippen molar-refractivity contribution < 1.29 is 9.52 Å². The van der Waals surface area contributed by atoms with Crippen LogP contribution in [-0.4, -0.2) is 5.11 Å². The average Bonchev–Trinajstić information content (AvgIpc) is 2.84. The molecule has 0 aliphatic heterocycles. The molecule has 1 atom stereocenters. The third-order valence-corrected chi connectivity index (χ3v) is 4.41. The molecule has 0 saturated heterocycles. The van der Waals surface area contributed by atoms with Gasteiger partial charge < -0.3 is 9.52 Å². The van der Waals surface area contributed by atoms with Crippen LogP contribution in [0.15, 0.2) is 27.1 Å². The van der Waals surface area contributed by atoms with Gasteiger partial charge in [-0.15, -0.1) is 11.3 Å². The Morgan fingerprint density at radius 2 is 2.25 bits per heavy atom. The highest BCUT2D eigenvalue weighted by Crippen LogP contribution is 2.35. The summed E-state index contributed by atoms with van der Waals surface area (Å²) in [5.74, 6) is 1.51. The molecule has 0 amide bonds. The Kier molecular flexibility index (Phi) is 3.52. The standard InChI is InChI=1S/C12H13BrO2S/c1-3-8-4-5-10(15-8)11(14)12-9(13)6-7(2)16-12/h4-6,11,14H,3H2,1-2H3. The van der Waals surface area contributed by atoms with Gasteiger partial charge in [-0.25, -0.2) is 0 Å². The van der Waals surface area contributed by atoms with Crippen molar-refractivity contribution in [3.05, 3.63) is 43.9 Å². The molecular weight excluding hydrogens is 288 g/mol. The molecule has 86 valence electrons. The van der Waals surface area contributed by atoms with Crippen LogP contribution in [0.5, 0.6) is 0 Å². The van der Waals surface area contributed by atoms with E-state index in [4.69, 9.17) is 4.42 Å². The van der Waals surface area contributed by atoms with E-state index in [1.165, 1.54) is 4.88 Å². The van der Waals surface area contributed by atoms with E-state index in [2.05, 4.69) is 15.9 Å². The second-order valence-corrected chi connectivity index (χ2v) is 5.77. The zero-order valence-corrected chi connectivity index (χ0v) is 11.6. The highest BCUT2D eigenvalue weighted by molar-refractivity contribution is 9.10. The fourth-order valence-corrected chi connectivity index (χ4v) is 3.41. The van der Waals surface area contributed by atoms with E-state index in [1.54, 1.807) is 11.3 Å². The van der Waals surface area contributed by atoms with Crippen molar-refractivity contribution in [1.82, 2.24) is 0 Å². The van der Waals surface area contributed by atoms with Gasteiger partial charge in [-0.05, 0) is 41.1 Å². The first-order chi connectivity index (χ1) is 7.61. The van der Waals surface area contributed by atoms with Crippen LogP contribution >= 0.6 is 27.3 Å². The molecule has 2 nitrogen and oxygen atoms in total. The Morgan fingerprint density at radius 1 is 1.50 bits per heavy atom. The summed E-state index contributed by atoms with van der Waals surface area (Å²) in [4.78, 5) is 2.07. The summed E-state index contributed by atoms with van der Waals surface area (Å²) in [5.41, 5.74) is 0. The second-order valence-electron chi connectivity index (χ2n) is 3.63. The molecule has 4 heteroatoms. The van der Waals surface area contributed by atoms with Crippen LogP contribution in [0.25, 0.3) is 0 Å². The average molecular weight is 301 g/mol. The minimum Gasteiger partial charge on any atom is -0.463 e. The van der Waals surface area contributed by atoms with Crippen molar-refractivity contribution in [1.29, 1.82) is 0 Å². The Morgan fingerprint density at radius 3 is 2.75 bits per heavy atom. The molecule has 0 aliphatic carbocycles. The van der Waals surface area contributed by atoms with Crippen LogP contribution in [0.3, 0.4) is 0 Å². The second kappa shape index (κ2) is 4.73. The van der Waals surface area contributed by atoms with Crippen molar-refractivity contribution >= 4 is 27.3 Å². The SMILES string of the molecule is CCc1ccc(C(O)c2sc(C)cc2Br)o1. The molecule has 0 aliphatic rings. The molecule has 16 heavy (non-hydrogen) atoms. The van der Waals surface area contributed by atoms with Gasteiger partial charge >= 0.3 is 0 Å². The monoisotopic (exact) mass is 300 g/mol. The summed E-state index contributed by atoms with van der Waals surface area (Å²) < 4.78 is 6.49. The summed E-state index contributed by atoms with van der Waals surface area (Å²) in [6, 6.07) is 5.75. The number of aliphatic hydroxyl groups excluding tert-OH is 1. The quantitative estimate of drug-likeness (QED) is 0.927. The van der Waals surface area contributed by atoms with Crippen LogP contribution in [0, 0.1) is 6.92 Å². The number of rotatable bonds is 3. The molecule has 0 bridgehead atoms. The van der Waals surface area contributed by atoms with Gasteiger partial charge in [-0.1, -0.05) is 6.92 Å². The summed E-state index contributed by atoms with van der Waals surface area (Å²) >= 11 is 5.02. The van der Waals surface area contributed by atoms with Crippen molar-refractivity contribution in [2.45, 2.75) is 26.4 Å². The van der Waals surface area contributed by atoms with Crippen molar-refractivity contribution in [3.63, 3.8) is 0 Å². The van der Waals surface area contributed by atoms with E-state index in [-0.39, 0.29) is 0 Å². The first-order valence-corrected chi connectivity index (χ1v) is 6.75. The fraction of sp³-hybridized carbons (Fsp3) is 0.333. The molecule has 0 fully saturated rings. The van der Waals surface area contributed by atoms with Gasteiger partial charge in [0.1, 0.15) is 17.6 Å². The van der Waals surface area contributed by atoms with Gasteiger partial charge in [-0.2, -0.15) is 0 Å². The zero-order chi connectivity index (χ0) is 11.7. The van der Waals surface area contributed by atoms with Gasteiger partial charge in [0.25, 0.3) is 0 Å². The molecule has 2 aromatic rings. The normalized spacial score (nSPS) is 13.0. The minimum atomic E-state index is -0.673. The Bertz CT molecular complexity index is 487. The Balaban J connectivity index is 2.31. The molecule has 2 heterocycles. The van der Waals surface area contributed by atoms with Crippen molar-refractivity contribution in [2.75, 3.05) is 0 Å². The molecule has 1 unspecified atom stereocenters. The van der Waals surface area contributed by atoms with Crippen molar-refractivity contribution in [3.8, 4) is 0 Å². The van der Waals surface area contributed by atoms with Crippen LogP contribution in [-0.2, 0) is 6.42 Å². The van der Waals surface area contributed by atoms with E-state index < -0.39 is 6.10 Å². The fourth-order valence-electron chi connectivity index (χ4n) is 1.55. The lowest BCUT2D eigenvalue weighted by molar-refractivity contribution is 0.190. The Labute approximate surface area is 107 Å². The van der Waals surface area contributed by atoms with E-state index in [9.17, 15) is 5.11 Å². The van der Waals surface area contributed by atoms with Gasteiger partial charge in [0.2, 0.25) is 0 Å². The topological polar surface area (TPSA) is 33.4 Å². The number of furan rings is 1. The number of thiophene rings is 1. The third-order valence-electron chi connectivity index (χ3n) is 2.39. The molecule has 0 saturated carbocycles. The number of halogens is 1. The number of aliphatic hydroxyl groups is 1. The van der Waals surface area contributed by atoms with Crippen LogP contribution in [0.4, 0.5) is 0 Å². The predicted octanol–water partition coefficient (Wildman–Crippen LogP) is 4.06. The molecule has 1 N–H and O–H groups in total. The van der Waals surface area contributed by atoms with E-state index in [0.29, 0.717) is 5.76 Å². The van der Waals surface area contributed by atoms with E-state index in [1.807, 2.05) is 32.0 Å². The predicted molar refractivity (Wildman–Crippen MR) is 68.9 cm³/mol. The lowest BCUT2D eigenvalue weighted by Gasteiger charge is -2.05. The minimum absolute atomic E-state index is 0.611. The van der Waals surface area contributed by atoms with Gasteiger partial charge in [0, 0.05) is 15.8 Å². The molecule has 0 spiro atoms. The highest BCUT2D eigenvalue weighted by atomic mass is 79.9. The van der Waals surface area contributed by atoms with Crippen molar-refractivity contribution in [2.24, 2.45) is 0 Å². The molecule has 2 rings (SSSR count). The Hall–Kier alpha value is -0.580. The van der Waals surface area contributed by atoms with Gasteiger partial charge in [0.15, 0.2) is 0 Å². The number of hydrogen-bond acceptors (Lipinski definition) is 3. The maximum atomic E-state index is 10.2.